The highest BCUT2D eigenvalue weighted by atomic mass is 16.5. The Kier molecular flexibility index (Phi) is 4.45. The molecule has 1 saturated carbocycles. The highest BCUT2D eigenvalue weighted by Gasteiger charge is 2.42. The Labute approximate surface area is 113 Å². The molecule has 5 nitrogen and oxygen atoms in total. The molecule has 2 fully saturated rings. The SMILES string of the molecule is CN(C(=O)C1CCOC1)C1(CC(=O)O)CCCCC1. The van der Waals surface area contributed by atoms with Crippen molar-refractivity contribution in [3.63, 3.8) is 0 Å². The molecule has 108 valence electrons. The molecule has 1 aliphatic heterocycles. The van der Waals surface area contributed by atoms with Gasteiger partial charge in [-0.15, -0.1) is 0 Å². The van der Waals surface area contributed by atoms with Crippen molar-refractivity contribution in [2.24, 2.45) is 5.92 Å². The van der Waals surface area contributed by atoms with E-state index in [2.05, 4.69) is 0 Å². The number of carboxylic acids is 1. The summed E-state index contributed by atoms with van der Waals surface area (Å²) in [6.07, 6.45) is 5.56. The first kappa shape index (κ1) is 14.3. The molecule has 19 heavy (non-hydrogen) atoms. The summed E-state index contributed by atoms with van der Waals surface area (Å²) in [4.78, 5) is 25.4. The van der Waals surface area contributed by atoms with Gasteiger partial charge in [-0.05, 0) is 19.3 Å². The van der Waals surface area contributed by atoms with E-state index in [1.807, 2.05) is 0 Å². The Morgan fingerprint density at radius 1 is 1.32 bits per heavy atom. The summed E-state index contributed by atoms with van der Waals surface area (Å²) in [5.74, 6) is -0.845. The van der Waals surface area contributed by atoms with Gasteiger partial charge >= 0.3 is 5.97 Å². The van der Waals surface area contributed by atoms with E-state index in [1.165, 1.54) is 0 Å². The van der Waals surface area contributed by atoms with E-state index in [-0.39, 0.29) is 18.2 Å². The molecule has 1 amide bonds. The van der Waals surface area contributed by atoms with Crippen LogP contribution in [0.1, 0.15) is 44.9 Å². The first-order valence-electron chi connectivity index (χ1n) is 7.12. The predicted octanol–water partition coefficient (Wildman–Crippen LogP) is 1.66. The Morgan fingerprint density at radius 3 is 2.53 bits per heavy atom. The van der Waals surface area contributed by atoms with Crippen molar-refractivity contribution in [3.05, 3.63) is 0 Å². The summed E-state index contributed by atoms with van der Waals surface area (Å²) >= 11 is 0. The fraction of sp³-hybridized carbons (Fsp3) is 0.857. The third-order valence-electron chi connectivity index (χ3n) is 4.59. The van der Waals surface area contributed by atoms with Crippen molar-refractivity contribution in [1.82, 2.24) is 4.90 Å². The minimum absolute atomic E-state index is 0.0562. The van der Waals surface area contributed by atoms with Gasteiger partial charge in [-0.3, -0.25) is 9.59 Å². The van der Waals surface area contributed by atoms with Gasteiger partial charge in [-0.1, -0.05) is 19.3 Å². The zero-order valence-electron chi connectivity index (χ0n) is 11.6. The van der Waals surface area contributed by atoms with Crippen LogP contribution in [0.5, 0.6) is 0 Å². The molecule has 0 aromatic carbocycles. The lowest BCUT2D eigenvalue weighted by Gasteiger charge is -2.44. The van der Waals surface area contributed by atoms with Gasteiger partial charge in [-0.2, -0.15) is 0 Å². The smallest absolute Gasteiger partial charge is 0.305 e. The van der Waals surface area contributed by atoms with Gasteiger partial charge in [0.15, 0.2) is 0 Å². The van der Waals surface area contributed by atoms with Crippen LogP contribution in [0, 0.1) is 5.92 Å². The largest absolute Gasteiger partial charge is 0.481 e. The maximum absolute atomic E-state index is 12.5. The van der Waals surface area contributed by atoms with E-state index >= 15 is 0 Å². The first-order valence-corrected chi connectivity index (χ1v) is 7.12. The quantitative estimate of drug-likeness (QED) is 0.843. The zero-order valence-corrected chi connectivity index (χ0v) is 11.6. The normalized spacial score (nSPS) is 26.1. The molecule has 1 saturated heterocycles. The predicted molar refractivity (Wildman–Crippen MR) is 69.8 cm³/mol. The molecule has 1 N–H and O–H groups in total. The van der Waals surface area contributed by atoms with E-state index < -0.39 is 11.5 Å². The Hall–Kier alpha value is -1.10. The van der Waals surface area contributed by atoms with Crippen molar-refractivity contribution in [3.8, 4) is 0 Å². The minimum Gasteiger partial charge on any atom is -0.481 e. The standard InChI is InChI=1S/C14H23NO4/c1-15(13(18)11-5-8-19-10-11)14(9-12(16)17)6-3-2-4-7-14/h11H,2-10H2,1H3,(H,16,17). The fourth-order valence-corrected chi connectivity index (χ4v) is 3.36. The molecule has 0 aromatic heterocycles. The van der Waals surface area contributed by atoms with E-state index in [0.717, 1.165) is 38.5 Å². The number of hydrogen-bond donors (Lipinski definition) is 1. The second kappa shape index (κ2) is 5.90. The lowest BCUT2D eigenvalue weighted by atomic mass is 9.77. The first-order chi connectivity index (χ1) is 9.05. The monoisotopic (exact) mass is 269 g/mol. The van der Waals surface area contributed by atoms with Crippen LogP contribution in [0.4, 0.5) is 0 Å². The Morgan fingerprint density at radius 2 is 2.00 bits per heavy atom. The molecule has 0 bridgehead atoms. The average molecular weight is 269 g/mol. The van der Waals surface area contributed by atoms with Gasteiger partial charge in [-0.25, -0.2) is 0 Å². The number of carbonyl (C=O) groups is 2. The van der Waals surface area contributed by atoms with E-state index in [4.69, 9.17) is 9.84 Å². The molecule has 2 aliphatic rings. The van der Waals surface area contributed by atoms with Crippen LogP contribution in [0.15, 0.2) is 0 Å². The number of ether oxygens (including phenoxy) is 1. The molecule has 0 aromatic rings. The molecule has 5 heteroatoms. The molecule has 1 atom stereocenters. The Balaban J connectivity index is 2.11. The summed E-state index contributed by atoms with van der Waals surface area (Å²) in [5, 5.41) is 9.16. The fourth-order valence-electron chi connectivity index (χ4n) is 3.36. The third-order valence-corrected chi connectivity index (χ3v) is 4.59. The van der Waals surface area contributed by atoms with E-state index in [9.17, 15) is 9.59 Å². The topological polar surface area (TPSA) is 66.8 Å². The van der Waals surface area contributed by atoms with Gasteiger partial charge < -0.3 is 14.7 Å². The number of rotatable bonds is 4. The lowest BCUT2D eigenvalue weighted by molar-refractivity contribution is -0.148. The number of nitrogens with zero attached hydrogens (tertiary/aromatic N) is 1. The van der Waals surface area contributed by atoms with Crippen LogP contribution >= 0.6 is 0 Å². The molecule has 0 radical (unpaired) electrons. The molecule has 1 heterocycles. The second-order valence-corrected chi connectivity index (χ2v) is 5.81. The van der Waals surface area contributed by atoms with Gasteiger partial charge in [0.05, 0.1) is 24.5 Å². The number of carboxylic acid groups (broad SMARTS) is 1. The van der Waals surface area contributed by atoms with E-state index in [1.54, 1.807) is 11.9 Å². The minimum atomic E-state index is -0.816. The van der Waals surface area contributed by atoms with Crippen molar-refractivity contribution < 1.29 is 19.4 Å². The maximum Gasteiger partial charge on any atom is 0.305 e. The van der Waals surface area contributed by atoms with Gasteiger partial charge in [0, 0.05) is 13.7 Å². The lowest BCUT2D eigenvalue weighted by Crippen LogP contribution is -2.53. The van der Waals surface area contributed by atoms with Crippen LogP contribution < -0.4 is 0 Å². The zero-order chi connectivity index (χ0) is 13.9. The third kappa shape index (κ3) is 3.08. The van der Waals surface area contributed by atoms with Crippen molar-refractivity contribution >= 4 is 11.9 Å². The van der Waals surface area contributed by atoms with Crippen LogP contribution in [-0.2, 0) is 14.3 Å². The summed E-state index contributed by atoms with van der Waals surface area (Å²) in [5.41, 5.74) is -0.482. The molecule has 1 unspecified atom stereocenters. The summed E-state index contributed by atoms with van der Waals surface area (Å²) in [6.45, 7) is 1.11. The van der Waals surface area contributed by atoms with E-state index in [0.29, 0.717) is 13.2 Å². The van der Waals surface area contributed by atoms with Crippen molar-refractivity contribution in [1.29, 1.82) is 0 Å². The van der Waals surface area contributed by atoms with Gasteiger partial charge in [0.2, 0.25) is 5.91 Å². The molecular weight excluding hydrogens is 246 g/mol. The molecule has 0 spiro atoms. The summed E-state index contributed by atoms with van der Waals surface area (Å²) in [6, 6.07) is 0. The molecule has 2 rings (SSSR count). The highest BCUT2D eigenvalue weighted by molar-refractivity contribution is 5.81. The summed E-state index contributed by atoms with van der Waals surface area (Å²) < 4.78 is 5.27. The number of carbonyl (C=O) groups excluding carboxylic acids is 1. The molecular formula is C14H23NO4. The second-order valence-electron chi connectivity index (χ2n) is 5.81. The van der Waals surface area contributed by atoms with Gasteiger partial charge in [0.1, 0.15) is 0 Å². The number of hydrogen-bond acceptors (Lipinski definition) is 3. The maximum atomic E-state index is 12.5. The number of aliphatic carboxylic acids is 1. The highest BCUT2D eigenvalue weighted by Crippen LogP contribution is 2.37. The summed E-state index contributed by atoms with van der Waals surface area (Å²) in [7, 11) is 1.77. The number of amides is 1. The molecule has 1 aliphatic carbocycles. The van der Waals surface area contributed by atoms with Crippen LogP contribution in [-0.4, -0.2) is 47.7 Å². The van der Waals surface area contributed by atoms with Gasteiger partial charge in [0.25, 0.3) is 0 Å². The average Bonchev–Trinajstić information content (AvgIpc) is 2.91. The van der Waals surface area contributed by atoms with Crippen LogP contribution in [0.25, 0.3) is 0 Å². The van der Waals surface area contributed by atoms with Crippen LogP contribution in [0.3, 0.4) is 0 Å². The van der Waals surface area contributed by atoms with Crippen molar-refractivity contribution in [2.75, 3.05) is 20.3 Å². The van der Waals surface area contributed by atoms with Crippen molar-refractivity contribution in [2.45, 2.75) is 50.5 Å². The Bertz CT molecular complexity index is 343. The van der Waals surface area contributed by atoms with Crippen LogP contribution in [0.2, 0.25) is 0 Å².